The number of benzene rings is 1. The summed E-state index contributed by atoms with van der Waals surface area (Å²) in [5.74, 6) is -1.77. The van der Waals surface area contributed by atoms with Crippen molar-refractivity contribution in [1.29, 1.82) is 0 Å². The number of hydrogen-bond acceptors (Lipinski definition) is 8. The highest BCUT2D eigenvalue weighted by Crippen LogP contribution is 2.49. The number of halogens is 2. The van der Waals surface area contributed by atoms with Crippen molar-refractivity contribution in [2.75, 3.05) is 6.54 Å². The van der Waals surface area contributed by atoms with Crippen molar-refractivity contribution in [1.82, 2.24) is 25.4 Å². The number of thiophene rings is 1. The van der Waals surface area contributed by atoms with E-state index in [0.29, 0.717) is 50.1 Å². The van der Waals surface area contributed by atoms with Gasteiger partial charge in [0.25, 0.3) is 11.8 Å². The third kappa shape index (κ3) is 5.30. The number of nitrogens with one attached hydrogen (secondary N) is 1. The zero-order chi connectivity index (χ0) is 30.4. The molecule has 228 valence electrons. The largest absolute Gasteiger partial charge is 0.421 e. The second kappa shape index (κ2) is 11.8. The van der Waals surface area contributed by atoms with Crippen LogP contribution in [0.15, 0.2) is 34.7 Å². The van der Waals surface area contributed by atoms with Crippen molar-refractivity contribution in [3.8, 4) is 21.9 Å². The smallest absolute Gasteiger partial charge is 0.261 e. The van der Waals surface area contributed by atoms with Crippen molar-refractivity contribution < 1.29 is 27.5 Å². The fraction of sp³-hybridized carbons (Fsp3) is 0.406. The normalized spacial score (nSPS) is 18.1. The Hall–Kier alpha value is -4.03. The van der Waals surface area contributed by atoms with Crippen molar-refractivity contribution in [2.24, 2.45) is 0 Å². The van der Waals surface area contributed by atoms with Gasteiger partial charge in [-0.05, 0) is 55.5 Å². The highest BCUT2D eigenvalue weighted by Gasteiger charge is 2.45. The highest BCUT2D eigenvalue weighted by molar-refractivity contribution is 7.17. The minimum absolute atomic E-state index is 0.0260. The van der Waals surface area contributed by atoms with Gasteiger partial charge in [0.1, 0.15) is 0 Å². The van der Waals surface area contributed by atoms with Crippen molar-refractivity contribution in [3.05, 3.63) is 75.2 Å². The number of hydrogen-bond donors (Lipinski definition) is 1. The molecule has 5 heterocycles. The molecule has 3 aliphatic rings. The van der Waals surface area contributed by atoms with Gasteiger partial charge in [-0.2, -0.15) is 0 Å². The van der Waals surface area contributed by atoms with Gasteiger partial charge in [0.05, 0.1) is 46.1 Å². The molecule has 0 radical (unpaired) electrons. The van der Waals surface area contributed by atoms with Gasteiger partial charge in [0, 0.05) is 30.5 Å². The maximum Gasteiger partial charge on any atom is 0.261 e. The zero-order valence-electron chi connectivity index (χ0n) is 24.2. The van der Waals surface area contributed by atoms with Crippen LogP contribution < -0.4 is 5.32 Å². The van der Waals surface area contributed by atoms with E-state index in [0.717, 1.165) is 56.4 Å². The predicted octanol–water partition coefficient (Wildman–Crippen LogP) is 6.52. The van der Waals surface area contributed by atoms with Gasteiger partial charge in [-0.25, -0.2) is 8.78 Å². The molecule has 2 amide bonds. The number of ether oxygens (including phenoxy) is 1. The molecule has 2 fully saturated rings. The fourth-order valence-corrected chi connectivity index (χ4v) is 7.45. The van der Waals surface area contributed by atoms with Gasteiger partial charge >= 0.3 is 0 Å². The lowest BCUT2D eigenvalue weighted by Gasteiger charge is -2.23. The minimum Gasteiger partial charge on any atom is -0.421 e. The van der Waals surface area contributed by atoms with Crippen molar-refractivity contribution >= 4 is 23.2 Å². The topological polar surface area (TPSA) is 110 Å². The molecule has 0 spiro atoms. The Morgan fingerprint density at radius 1 is 1.05 bits per heavy atom. The molecular formula is C32H31F2N5O4S. The maximum atomic E-state index is 13.9. The van der Waals surface area contributed by atoms with E-state index in [-0.39, 0.29) is 43.0 Å². The molecule has 1 N–H and O–H groups in total. The molecular weight excluding hydrogens is 588 g/mol. The first-order valence-corrected chi connectivity index (χ1v) is 15.8. The van der Waals surface area contributed by atoms with Crippen LogP contribution >= 0.6 is 11.3 Å². The molecule has 7 rings (SSSR count). The third-order valence-electron chi connectivity index (χ3n) is 8.60. The first kappa shape index (κ1) is 28.7. The molecule has 4 aromatic rings. The zero-order valence-corrected chi connectivity index (χ0v) is 25.0. The van der Waals surface area contributed by atoms with Crippen LogP contribution in [-0.4, -0.2) is 44.5 Å². The maximum absolute atomic E-state index is 13.9. The van der Waals surface area contributed by atoms with Crippen LogP contribution in [0.3, 0.4) is 0 Å². The Balaban J connectivity index is 1.29. The van der Waals surface area contributed by atoms with E-state index in [1.165, 1.54) is 23.8 Å². The quantitative estimate of drug-likeness (QED) is 0.239. The Morgan fingerprint density at radius 3 is 2.66 bits per heavy atom. The summed E-state index contributed by atoms with van der Waals surface area (Å²) >= 11 is 1.23. The molecule has 1 unspecified atom stereocenters. The molecule has 44 heavy (non-hydrogen) atoms. The summed E-state index contributed by atoms with van der Waals surface area (Å²) in [5, 5.41) is 11.2. The average molecular weight is 620 g/mol. The number of rotatable bonds is 8. The van der Waals surface area contributed by atoms with Gasteiger partial charge in [-0.1, -0.05) is 25.3 Å². The van der Waals surface area contributed by atoms with E-state index in [9.17, 15) is 18.4 Å². The summed E-state index contributed by atoms with van der Waals surface area (Å²) in [6.45, 7) is 2.62. The van der Waals surface area contributed by atoms with E-state index in [4.69, 9.17) is 14.1 Å². The van der Waals surface area contributed by atoms with E-state index >= 15 is 0 Å². The number of pyridine rings is 1. The summed E-state index contributed by atoms with van der Waals surface area (Å²) < 4.78 is 39.3. The van der Waals surface area contributed by atoms with E-state index < -0.39 is 11.6 Å². The molecule has 9 nitrogen and oxygen atoms in total. The minimum atomic E-state index is -0.973. The second-order valence-corrected chi connectivity index (χ2v) is 12.6. The standard InChI is InChI=1S/C32H31F2N5O4S/c1-17-37-38-31(43-17)26-22(16-42-19-6-3-2-4-7-19)36-29-23-8-5-13-39(23)32(41)28(29)27(26)24-11-12-25(44-24)30(40)35-15-18-9-10-20(33)21(34)14-18/h9-12,14,19,23H,2-8,13,15-16H2,1H3,(H,35,40). The van der Waals surface area contributed by atoms with E-state index in [2.05, 4.69) is 15.5 Å². The van der Waals surface area contributed by atoms with Crippen molar-refractivity contribution in [3.63, 3.8) is 0 Å². The Labute approximate surface area is 256 Å². The van der Waals surface area contributed by atoms with Crippen LogP contribution in [0, 0.1) is 18.6 Å². The molecule has 1 atom stereocenters. The molecule has 1 aliphatic carbocycles. The molecule has 1 aromatic carbocycles. The number of aromatic nitrogens is 3. The lowest BCUT2D eigenvalue weighted by atomic mass is 9.95. The lowest BCUT2D eigenvalue weighted by molar-refractivity contribution is 0.0153. The van der Waals surface area contributed by atoms with Crippen LogP contribution in [-0.2, 0) is 17.9 Å². The highest BCUT2D eigenvalue weighted by atomic mass is 32.1. The number of nitrogens with zero attached hydrogens (tertiary/aromatic N) is 4. The van der Waals surface area contributed by atoms with E-state index in [1.54, 1.807) is 13.0 Å². The number of fused-ring (bicyclic) bond motifs is 3. The predicted molar refractivity (Wildman–Crippen MR) is 158 cm³/mol. The summed E-state index contributed by atoms with van der Waals surface area (Å²) in [5.41, 5.74) is 3.45. The van der Waals surface area contributed by atoms with E-state index in [1.807, 2.05) is 11.0 Å². The number of carbonyl (C=O) groups excluding carboxylic acids is 2. The lowest BCUT2D eigenvalue weighted by Crippen LogP contribution is -2.23. The van der Waals surface area contributed by atoms with Gasteiger partial charge < -0.3 is 19.4 Å². The Morgan fingerprint density at radius 2 is 1.89 bits per heavy atom. The molecule has 12 heteroatoms. The Bertz CT molecular complexity index is 1750. The van der Waals surface area contributed by atoms with Gasteiger partial charge in [-0.15, -0.1) is 21.5 Å². The monoisotopic (exact) mass is 619 g/mol. The number of aryl methyl sites for hydroxylation is 1. The van der Waals surface area contributed by atoms with Crippen LogP contribution in [0.4, 0.5) is 8.78 Å². The van der Waals surface area contributed by atoms with Crippen LogP contribution in [0.25, 0.3) is 21.9 Å². The SMILES string of the molecule is Cc1nnc(-c2c(COC3CCCCC3)nc3c(c2-c2ccc(C(=O)NCc4ccc(F)c(F)c4)s2)C(=O)N2CCCC32)o1. The number of amides is 2. The summed E-state index contributed by atoms with van der Waals surface area (Å²) in [4.78, 5) is 35.1. The van der Waals surface area contributed by atoms with Crippen LogP contribution in [0.5, 0.6) is 0 Å². The average Bonchev–Trinajstić information content (AvgIpc) is 3.84. The fourth-order valence-electron chi connectivity index (χ4n) is 6.47. The van der Waals surface area contributed by atoms with Crippen molar-refractivity contribution in [2.45, 2.75) is 77.2 Å². The summed E-state index contributed by atoms with van der Waals surface area (Å²) in [7, 11) is 0. The van der Waals surface area contributed by atoms with Gasteiger partial charge in [-0.3, -0.25) is 14.6 Å². The number of carbonyl (C=O) groups is 2. The molecule has 2 aliphatic heterocycles. The van der Waals surface area contributed by atoms with Crippen LogP contribution in [0.1, 0.15) is 93.9 Å². The second-order valence-electron chi connectivity index (χ2n) is 11.5. The summed E-state index contributed by atoms with van der Waals surface area (Å²) in [6, 6.07) is 6.90. The van der Waals surface area contributed by atoms with Crippen LogP contribution in [0.2, 0.25) is 0 Å². The third-order valence-corrected chi connectivity index (χ3v) is 9.71. The first-order chi connectivity index (χ1) is 21.4. The molecule has 3 aromatic heterocycles. The molecule has 1 saturated carbocycles. The van der Waals surface area contributed by atoms with Gasteiger partial charge in [0.15, 0.2) is 11.6 Å². The Kier molecular flexibility index (Phi) is 7.71. The molecule has 0 bridgehead atoms. The van der Waals surface area contributed by atoms with Gasteiger partial charge in [0.2, 0.25) is 11.8 Å². The molecule has 1 saturated heterocycles. The summed E-state index contributed by atoms with van der Waals surface area (Å²) in [6.07, 6.45) is 7.33. The first-order valence-electron chi connectivity index (χ1n) is 15.0.